The third-order valence-corrected chi connectivity index (χ3v) is 5.41. The van der Waals surface area contributed by atoms with E-state index in [-0.39, 0.29) is 11.6 Å². The number of carbonyl (C=O) groups is 1. The van der Waals surface area contributed by atoms with Crippen molar-refractivity contribution < 1.29 is 14.3 Å². The second-order valence-corrected chi connectivity index (χ2v) is 7.75. The third-order valence-electron chi connectivity index (χ3n) is 5.16. The smallest absolute Gasteiger partial charge is 0.363 e. The summed E-state index contributed by atoms with van der Waals surface area (Å²) in [6, 6.07) is 28.8. The number of benzene rings is 4. The lowest BCUT2D eigenvalue weighted by molar-refractivity contribution is -0.129. The largest absolute Gasteiger partial charge is 0.488 e. The average Bonchev–Trinajstić information content (AvgIpc) is 3.19. The summed E-state index contributed by atoms with van der Waals surface area (Å²) < 4.78 is 11.6. The Hall–Kier alpha value is -3.89. The lowest BCUT2D eigenvalue weighted by Gasteiger charge is -2.12. The topological polar surface area (TPSA) is 47.9 Å². The first-order chi connectivity index (χ1) is 15.7. The first kappa shape index (κ1) is 20.0. The van der Waals surface area contributed by atoms with Crippen LogP contribution in [0.15, 0.2) is 102 Å². The molecule has 0 aliphatic carbocycles. The predicted octanol–water partition coefficient (Wildman–Crippen LogP) is 6.42. The summed E-state index contributed by atoms with van der Waals surface area (Å²) in [7, 11) is 0. The lowest BCUT2D eigenvalue weighted by atomic mass is 10.0. The van der Waals surface area contributed by atoms with Crippen LogP contribution in [0, 0.1) is 0 Å². The molecule has 4 nitrogen and oxygen atoms in total. The number of hydrogen-bond acceptors (Lipinski definition) is 4. The molecule has 0 radical (unpaired) electrons. The molecule has 0 saturated carbocycles. The van der Waals surface area contributed by atoms with Gasteiger partial charge < -0.3 is 9.47 Å². The third kappa shape index (κ3) is 4.13. The van der Waals surface area contributed by atoms with Crippen molar-refractivity contribution in [2.24, 2.45) is 4.99 Å². The second-order valence-electron chi connectivity index (χ2n) is 7.32. The first-order valence-electron chi connectivity index (χ1n) is 10.1. The van der Waals surface area contributed by atoms with Gasteiger partial charge in [-0.3, -0.25) is 0 Å². The standard InChI is InChI=1S/C27H18ClNO3/c28-21-13-10-20(11-14-21)26-29-24(27(30)32-26)16-23-22-9-5-4-8-19(22)12-15-25(23)31-17-18-6-2-1-3-7-18/h1-16H,17H2. The molecule has 5 rings (SSSR count). The van der Waals surface area contributed by atoms with E-state index in [1.54, 1.807) is 30.3 Å². The van der Waals surface area contributed by atoms with Gasteiger partial charge in [-0.1, -0.05) is 72.3 Å². The SMILES string of the molecule is O=C1OC(c2ccc(Cl)cc2)=NC1=Cc1c(OCc2ccccc2)ccc2ccccc12. The fraction of sp³-hybridized carbons (Fsp3) is 0.0370. The molecule has 4 aromatic carbocycles. The lowest BCUT2D eigenvalue weighted by Crippen LogP contribution is -2.05. The number of rotatable bonds is 5. The Morgan fingerprint density at radius 2 is 1.62 bits per heavy atom. The minimum absolute atomic E-state index is 0.218. The van der Waals surface area contributed by atoms with Gasteiger partial charge in [0.1, 0.15) is 12.4 Å². The van der Waals surface area contributed by atoms with Crippen LogP contribution in [0.3, 0.4) is 0 Å². The van der Waals surface area contributed by atoms with Crippen LogP contribution in [-0.2, 0) is 16.1 Å². The van der Waals surface area contributed by atoms with Crippen molar-refractivity contribution in [2.75, 3.05) is 0 Å². The summed E-state index contributed by atoms with van der Waals surface area (Å²) in [6.45, 7) is 0.416. The Bertz CT molecular complexity index is 1360. The zero-order valence-electron chi connectivity index (χ0n) is 17.0. The van der Waals surface area contributed by atoms with Gasteiger partial charge in [-0.15, -0.1) is 0 Å². The molecule has 1 aliphatic rings. The second kappa shape index (κ2) is 8.69. The van der Waals surface area contributed by atoms with Crippen LogP contribution < -0.4 is 4.74 Å². The molecule has 0 unspecified atom stereocenters. The molecule has 1 aliphatic heterocycles. The molecular weight excluding hydrogens is 422 g/mol. The van der Waals surface area contributed by atoms with Crippen LogP contribution in [0.1, 0.15) is 16.7 Å². The average molecular weight is 440 g/mol. The van der Waals surface area contributed by atoms with E-state index in [1.165, 1.54) is 0 Å². The van der Waals surface area contributed by atoms with Gasteiger partial charge >= 0.3 is 5.97 Å². The number of halogens is 1. The van der Waals surface area contributed by atoms with E-state index in [9.17, 15) is 4.79 Å². The van der Waals surface area contributed by atoms with Crippen LogP contribution in [0.2, 0.25) is 5.02 Å². The minimum Gasteiger partial charge on any atom is -0.488 e. The van der Waals surface area contributed by atoms with E-state index >= 15 is 0 Å². The van der Waals surface area contributed by atoms with E-state index in [1.807, 2.05) is 66.7 Å². The Morgan fingerprint density at radius 3 is 2.44 bits per heavy atom. The van der Waals surface area contributed by atoms with Crippen molar-refractivity contribution in [3.05, 3.63) is 118 Å². The highest BCUT2D eigenvalue weighted by molar-refractivity contribution is 6.30. The van der Waals surface area contributed by atoms with E-state index in [0.717, 1.165) is 21.9 Å². The van der Waals surface area contributed by atoms with E-state index in [4.69, 9.17) is 21.1 Å². The number of hydrogen-bond donors (Lipinski definition) is 0. The van der Waals surface area contributed by atoms with Gasteiger partial charge in [-0.2, -0.15) is 0 Å². The quantitative estimate of drug-likeness (QED) is 0.266. The summed E-state index contributed by atoms with van der Waals surface area (Å²) >= 11 is 5.96. The van der Waals surface area contributed by atoms with E-state index in [0.29, 0.717) is 22.9 Å². The highest BCUT2D eigenvalue weighted by atomic mass is 35.5. The fourth-order valence-corrected chi connectivity index (χ4v) is 3.67. The van der Waals surface area contributed by atoms with Crippen molar-refractivity contribution in [3.8, 4) is 5.75 Å². The van der Waals surface area contributed by atoms with Crippen molar-refractivity contribution in [1.82, 2.24) is 0 Å². The molecule has 1 heterocycles. The summed E-state index contributed by atoms with van der Waals surface area (Å²) in [5.74, 6) is 0.421. The number of nitrogens with zero attached hydrogens (tertiary/aromatic N) is 1. The van der Waals surface area contributed by atoms with Crippen molar-refractivity contribution in [3.63, 3.8) is 0 Å². The number of ether oxygens (including phenoxy) is 2. The molecule has 0 aromatic heterocycles. The molecular formula is C27H18ClNO3. The molecule has 156 valence electrons. The molecule has 0 fully saturated rings. The predicted molar refractivity (Wildman–Crippen MR) is 127 cm³/mol. The van der Waals surface area contributed by atoms with Crippen LogP contribution in [0.4, 0.5) is 0 Å². The van der Waals surface area contributed by atoms with Gasteiger partial charge in [-0.05, 0) is 52.7 Å². The number of carbonyl (C=O) groups excluding carboxylic acids is 1. The number of aliphatic imine (C=N–C) groups is 1. The number of fused-ring (bicyclic) bond motifs is 1. The summed E-state index contributed by atoms with van der Waals surface area (Å²) in [5.41, 5.74) is 2.75. The Balaban J connectivity index is 1.55. The maximum absolute atomic E-state index is 12.6. The number of cyclic esters (lactones) is 1. The Labute approximate surface area is 190 Å². The fourth-order valence-electron chi connectivity index (χ4n) is 3.55. The molecule has 0 saturated heterocycles. The van der Waals surface area contributed by atoms with Crippen molar-refractivity contribution >= 4 is 40.3 Å². The molecule has 5 heteroatoms. The first-order valence-corrected chi connectivity index (χ1v) is 10.5. The molecule has 0 amide bonds. The van der Waals surface area contributed by atoms with Crippen LogP contribution in [0.5, 0.6) is 5.75 Å². The van der Waals surface area contributed by atoms with Gasteiger partial charge in [-0.25, -0.2) is 9.79 Å². The van der Waals surface area contributed by atoms with Crippen molar-refractivity contribution in [2.45, 2.75) is 6.61 Å². The molecule has 32 heavy (non-hydrogen) atoms. The maximum Gasteiger partial charge on any atom is 0.363 e. The molecule has 0 bridgehead atoms. The molecule has 0 spiro atoms. The monoisotopic (exact) mass is 439 g/mol. The summed E-state index contributed by atoms with van der Waals surface area (Å²) in [5, 5.41) is 2.61. The Kier molecular flexibility index (Phi) is 5.44. The Morgan fingerprint density at radius 1 is 0.875 bits per heavy atom. The maximum atomic E-state index is 12.6. The highest BCUT2D eigenvalue weighted by Crippen LogP contribution is 2.32. The van der Waals surface area contributed by atoms with Crippen LogP contribution in [0.25, 0.3) is 16.8 Å². The van der Waals surface area contributed by atoms with Crippen molar-refractivity contribution in [1.29, 1.82) is 0 Å². The summed E-state index contributed by atoms with van der Waals surface area (Å²) in [4.78, 5) is 17.0. The van der Waals surface area contributed by atoms with Gasteiger partial charge in [0.25, 0.3) is 0 Å². The number of esters is 1. The molecule has 4 aromatic rings. The van der Waals surface area contributed by atoms with Gasteiger partial charge in [0.05, 0.1) is 0 Å². The van der Waals surface area contributed by atoms with E-state index in [2.05, 4.69) is 4.99 Å². The highest BCUT2D eigenvalue weighted by Gasteiger charge is 2.25. The molecule has 0 N–H and O–H groups in total. The van der Waals surface area contributed by atoms with Gasteiger partial charge in [0.15, 0.2) is 5.70 Å². The van der Waals surface area contributed by atoms with Gasteiger partial charge in [0, 0.05) is 16.1 Å². The van der Waals surface area contributed by atoms with E-state index < -0.39 is 5.97 Å². The zero-order valence-corrected chi connectivity index (χ0v) is 17.8. The minimum atomic E-state index is -0.503. The van der Waals surface area contributed by atoms with Crippen LogP contribution >= 0.6 is 11.6 Å². The van der Waals surface area contributed by atoms with Crippen LogP contribution in [-0.4, -0.2) is 11.9 Å². The summed E-state index contributed by atoms with van der Waals surface area (Å²) in [6.07, 6.45) is 1.73. The molecule has 0 atom stereocenters. The van der Waals surface area contributed by atoms with Gasteiger partial charge in [0.2, 0.25) is 5.90 Å². The normalized spacial score (nSPS) is 14.5. The zero-order chi connectivity index (χ0) is 21.9.